The Kier molecular flexibility index (Phi) is 15.2. The van der Waals surface area contributed by atoms with Crippen molar-refractivity contribution in [1.29, 1.82) is 0 Å². The molecule has 86 heavy (non-hydrogen) atoms. The van der Waals surface area contributed by atoms with Crippen LogP contribution in [0.3, 0.4) is 0 Å². The SMILES string of the molecule is CC(C)(C)c1cc2c3c(c1)Cc1cc(C(C)(C)C)cc4c1OB(c1c(C(F)(F)F)cc(C(F)(F)F)cc1C(F)(F)F)Oc1c(cc(C(C)(C)C)cc1Cc1cc(C(C)(C)C)cc(c1OB(c1c(C(F)(F)F)cc(C(F)(F)F)cc1C(F)(F)F)O3)C2)C4. The van der Waals surface area contributed by atoms with E-state index in [1.807, 2.05) is 0 Å². The fourth-order valence-corrected chi connectivity index (χ4v) is 11.0. The predicted molar refractivity (Wildman–Crippen MR) is 288 cm³/mol. The maximum Gasteiger partial charge on any atom is 0.633 e. The standard InChI is InChI=1S/C62H56B2F18O4/c1-53(2,3)37-17-29-13-30-18-38(54(4,5)6)23-35-16-36-24-40(56(10,11)12)20-32-14-31-19-39(55(7,8)9)22-34(51(31)85-64(86-52(32)36)48-45(61(77,78)79)27-42(58(68,69)70)28-46(48)62(80,81)82)15-33(21-37)49(29)83-63(84-50(30)35)47-43(59(71,72)73)25-41(57(65,66)67)26-44(47)60(74,75)76/h17-28H,13-16H2,1-12H3. The third-order valence-electron chi connectivity index (χ3n) is 15.6. The van der Waals surface area contributed by atoms with Crippen LogP contribution in [0.1, 0.15) is 183 Å². The Morgan fingerprint density at radius 2 is 0.407 bits per heavy atom. The van der Waals surface area contributed by atoms with Gasteiger partial charge in [-0.15, -0.1) is 0 Å². The number of fused-ring (bicyclic) bond motifs is 4. The number of alkyl halides is 18. The Morgan fingerprint density at radius 3 is 0.535 bits per heavy atom. The molecule has 5 aliphatic rings. The highest BCUT2D eigenvalue weighted by atomic mass is 19.4. The molecule has 460 valence electrons. The van der Waals surface area contributed by atoms with E-state index < -0.39 is 177 Å². The summed E-state index contributed by atoms with van der Waals surface area (Å²) in [4.78, 5) is 0. The molecule has 0 saturated heterocycles. The molecule has 0 saturated carbocycles. The van der Waals surface area contributed by atoms with Gasteiger partial charge in [-0.2, -0.15) is 79.0 Å². The molecule has 4 heterocycles. The number of hydrogen-bond acceptors (Lipinski definition) is 4. The molecule has 6 aromatic carbocycles. The first-order valence-corrected chi connectivity index (χ1v) is 27.0. The van der Waals surface area contributed by atoms with Gasteiger partial charge in [-0.05, 0) is 113 Å². The number of hydrogen-bond donors (Lipinski definition) is 0. The molecule has 0 radical (unpaired) electrons. The van der Waals surface area contributed by atoms with Gasteiger partial charge < -0.3 is 18.6 Å². The molecular weight excluding hydrogens is 1170 g/mol. The van der Waals surface area contributed by atoms with Gasteiger partial charge in [-0.1, -0.05) is 132 Å². The van der Waals surface area contributed by atoms with Crippen molar-refractivity contribution >= 4 is 25.2 Å². The van der Waals surface area contributed by atoms with E-state index >= 15 is 52.7 Å². The van der Waals surface area contributed by atoms with Gasteiger partial charge in [0.25, 0.3) is 0 Å². The lowest BCUT2D eigenvalue weighted by atomic mass is 9.69. The van der Waals surface area contributed by atoms with Crippen LogP contribution in [0.4, 0.5) is 79.0 Å². The lowest BCUT2D eigenvalue weighted by Gasteiger charge is -2.34. The van der Waals surface area contributed by atoms with Crippen LogP contribution < -0.4 is 29.5 Å². The minimum Gasteiger partial charge on any atom is -0.522 e. The van der Waals surface area contributed by atoms with Crippen molar-refractivity contribution < 1.29 is 97.6 Å². The third kappa shape index (κ3) is 12.6. The van der Waals surface area contributed by atoms with E-state index in [2.05, 4.69) is 0 Å². The normalized spacial score (nSPS) is 15.5. The second-order valence-electron chi connectivity index (χ2n) is 26.3. The average molecular weight is 1230 g/mol. The summed E-state index contributed by atoms with van der Waals surface area (Å²) in [5, 5.41) is 0. The first-order valence-electron chi connectivity index (χ1n) is 27.0. The summed E-state index contributed by atoms with van der Waals surface area (Å²) in [7, 11) is -5.82. The highest BCUT2D eigenvalue weighted by Gasteiger charge is 2.54. The van der Waals surface area contributed by atoms with E-state index in [-0.39, 0.29) is 57.3 Å². The number of rotatable bonds is 2. The molecule has 0 N–H and O–H groups in total. The van der Waals surface area contributed by atoms with E-state index in [1.165, 1.54) is 24.3 Å². The topological polar surface area (TPSA) is 36.9 Å². The molecule has 0 aromatic heterocycles. The maximum atomic E-state index is 15.6. The quantitative estimate of drug-likeness (QED) is 0.128. The molecule has 0 amide bonds. The molecule has 6 aromatic rings. The first kappa shape index (κ1) is 63.9. The highest BCUT2D eigenvalue weighted by Crippen LogP contribution is 2.49. The summed E-state index contributed by atoms with van der Waals surface area (Å²) >= 11 is 0. The van der Waals surface area contributed by atoms with Gasteiger partial charge in [0.1, 0.15) is 23.0 Å². The molecule has 24 heteroatoms. The van der Waals surface area contributed by atoms with Gasteiger partial charge in [0.05, 0.1) is 33.4 Å². The molecule has 4 nitrogen and oxygen atoms in total. The van der Waals surface area contributed by atoms with Crippen molar-refractivity contribution in [3.05, 3.63) is 173 Å². The fourth-order valence-electron chi connectivity index (χ4n) is 11.0. The van der Waals surface area contributed by atoms with Crippen LogP contribution in [0.15, 0.2) is 72.8 Å². The minimum absolute atomic E-state index is 0.0928. The molecule has 1 aliphatic carbocycles. The fraction of sp³-hybridized carbons (Fsp3) is 0.419. The molecule has 0 unspecified atom stereocenters. The lowest BCUT2D eigenvalue weighted by Crippen LogP contribution is -2.51. The second-order valence-corrected chi connectivity index (χ2v) is 26.3. The van der Waals surface area contributed by atoms with Crippen LogP contribution >= 0.6 is 0 Å². The largest absolute Gasteiger partial charge is 0.633 e. The summed E-state index contributed by atoms with van der Waals surface area (Å²) in [5.74, 6) is -1.88. The van der Waals surface area contributed by atoms with Gasteiger partial charge in [0, 0.05) is 36.6 Å². The first-order chi connectivity index (χ1) is 38.9. The number of benzene rings is 6. The van der Waals surface area contributed by atoms with E-state index in [0.717, 1.165) is 0 Å². The minimum atomic E-state index is -5.96. The van der Waals surface area contributed by atoms with Crippen LogP contribution in [-0.2, 0) is 84.4 Å². The van der Waals surface area contributed by atoms with Crippen LogP contribution in [0, 0.1) is 0 Å². The smallest absolute Gasteiger partial charge is 0.522 e. The predicted octanol–water partition coefficient (Wildman–Crippen LogP) is 18.0. The second kappa shape index (κ2) is 20.5. The molecular formula is C62H56B2F18O4. The monoisotopic (exact) mass is 1230 g/mol. The maximum absolute atomic E-state index is 15.6. The summed E-state index contributed by atoms with van der Waals surface area (Å²) < 4.78 is 300. The molecule has 4 aliphatic heterocycles. The van der Waals surface area contributed by atoms with Crippen LogP contribution in [-0.4, -0.2) is 14.2 Å². The van der Waals surface area contributed by atoms with Crippen LogP contribution in [0.2, 0.25) is 0 Å². The Labute approximate surface area is 484 Å². The van der Waals surface area contributed by atoms with E-state index in [1.54, 1.807) is 107 Å². The highest BCUT2D eigenvalue weighted by molar-refractivity contribution is 6.64. The van der Waals surface area contributed by atoms with Crippen molar-refractivity contribution in [3.8, 4) is 23.0 Å². The molecule has 0 fully saturated rings. The van der Waals surface area contributed by atoms with Crippen molar-refractivity contribution in [3.63, 3.8) is 0 Å². The third-order valence-corrected chi connectivity index (χ3v) is 15.6. The van der Waals surface area contributed by atoms with Crippen molar-refractivity contribution in [2.45, 2.75) is 167 Å². The zero-order valence-corrected chi connectivity index (χ0v) is 48.3. The zero-order chi connectivity index (χ0) is 64.2. The Morgan fingerprint density at radius 1 is 0.244 bits per heavy atom. The Hall–Kier alpha value is -6.61. The summed E-state index contributed by atoms with van der Waals surface area (Å²) in [5.41, 5.74) is -19.8. The molecule has 11 rings (SSSR count). The zero-order valence-electron chi connectivity index (χ0n) is 48.3. The van der Waals surface area contributed by atoms with E-state index in [4.69, 9.17) is 18.6 Å². The van der Waals surface area contributed by atoms with E-state index in [9.17, 15) is 26.3 Å². The van der Waals surface area contributed by atoms with Crippen LogP contribution in [0.5, 0.6) is 23.0 Å². The Balaban J connectivity index is 1.53. The molecule has 0 spiro atoms. The van der Waals surface area contributed by atoms with Crippen molar-refractivity contribution in [1.82, 2.24) is 0 Å². The van der Waals surface area contributed by atoms with E-state index in [0.29, 0.717) is 22.3 Å². The van der Waals surface area contributed by atoms with Gasteiger partial charge in [-0.25, -0.2) is 0 Å². The van der Waals surface area contributed by atoms with Crippen molar-refractivity contribution in [2.75, 3.05) is 0 Å². The van der Waals surface area contributed by atoms with Crippen molar-refractivity contribution in [2.24, 2.45) is 0 Å². The summed E-state index contributed by atoms with van der Waals surface area (Å²) in [6, 6.07) is 10.3. The van der Waals surface area contributed by atoms with Gasteiger partial charge in [-0.3, -0.25) is 0 Å². The number of halogens is 18. The van der Waals surface area contributed by atoms with Crippen LogP contribution in [0.25, 0.3) is 0 Å². The summed E-state index contributed by atoms with van der Waals surface area (Å²) in [6.45, 7) is 21.1. The van der Waals surface area contributed by atoms with Gasteiger partial charge in [0.15, 0.2) is 0 Å². The molecule has 12 bridgehead atoms. The molecule has 0 atom stereocenters. The average Bonchev–Trinajstić information content (AvgIpc) is 0.762. The van der Waals surface area contributed by atoms with Gasteiger partial charge in [0.2, 0.25) is 0 Å². The lowest BCUT2D eigenvalue weighted by molar-refractivity contribution is -0.149. The summed E-state index contributed by atoms with van der Waals surface area (Å²) in [6.07, 6.45) is -37.1. The van der Waals surface area contributed by atoms with Gasteiger partial charge >= 0.3 is 51.3 Å². The Bertz CT molecular complexity index is 3240.